The average Bonchev–Trinajstić information content (AvgIpc) is 2.92. The van der Waals surface area contributed by atoms with Crippen molar-refractivity contribution in [2.45, 2.75) is 19.1 Å². The molecule has 0 aliphatic heterocycles. The van der Waals surface area contributed by atoms with Crippen molar-refractivity contribution >= 4 is 23.4 Å². The van der Waals surface area contributed by atoms with E-state index in [0.717, 1.165) is 11.3 Å². The molecule has 2 amide bonds. The van der Waals surface area contributed by atoms with Crippen LogP contribution in [0.3, 0.4) is 0 Å². The van der Waals surface area contributed by atoms with Crippen LogP contribution in [-0.4, -0.2) is 28.3 Å². The van der Waals surface area contributed by atoms with E-state index < -0.39 is 6.04 Å². The molecule has 0 spiro atoms. The molecule has 36 heavy (non-hydrogen) atoms. The van der Waals surface area contributed by atoms with Crippen LogP contribution in [-0.2, 0) is 22.7 Å². The molecule has 1 aromatic heterocycles. The number of nitrogens with zero attached hydrogens (tertiary/aromatic N) is 2. The summed E-state index contributed by atoms with van der Waals surface area (Å²) >= 11 is 6.21. The van der Waals surface area contributed by atoms with E-state index >= 15 is 0 Å². The Balaban J connectivity index is 1.62. The molecule has 182 valence electrons. The van der Waals surface area contributed by atoms with Crippen molar-refractivity contribution < 1.29 is 14.3 Å². The molecule has 0 radical (unpaired) electrons. The summed E-state index contributed by atoms with van der Waals surface area (Å²) in [6.45, 7) is 0.196. The van der Waals surface area contributed by atoms with Crippen molar-refractivity contribution in [3.63, 3.8) is 0 Å². The number of amides is 2. The van der Waals surface area contributed by atoms with Crippen LogP contribution < -0.4 is 10.1 Å². The van der Waals surface area contributed by atoms with Gasteiger partial charge in [-0.3, -0.25) is 14.6 Å². The van der Waals surface area contributed by atoms with Gasteiger partial charge in [-0.15, -0.1) is 0 Å². The van der Waals surface area contributed by atoms with Crippen LogP contribution in [0.25, 0.3) is 0 Å². The van der Waals surface area contributed by atoms with E-state index in [1.54, 1.807) is 30.5 Å². The third-order valence-corrected chi connectivity index (χ3v) is 5.86. The number of carbonyl (C=O) groups is 2. The number of pyridine rings is 1. The first-order chi connectivity index (χ1) is 17.6. The lowest BCUT2D eigenvalue weighted by Gasteiger charge is -2.31. The van der Waals surface area contributed by atoms with Crippen molar-refractivity contribution in [1.82, 2.24) is 15.2 Å². The minimum absolute atomic E-state index is 0.224. The fraction of sp³-hybridized carbons (Fsp3) is 0.138. The van der Waals surface area contributed by atoms with E-state index in [9.17, 15) is 9.59 Å². The van der Waals surface area contributed by atoms with Crippen LogP contribution in [0, 0.1) is 0 Å². The summed E-state index contributed by atoms with van der Waals surface area (Å²) in [6, 6.07) is 30.4. The van der Waals surface area contributed by atoms with Gasteiger partial charge in [0.05, 0.1) is 17.3 Å². The minimum atomic E-state index is -0.877. The number of aromatic nitrogens is 1. The molecule has 0 aliphatic rings. The molecule has 0 saturated carbocycles. The smallest absolute Gasteiger partial charge is 0.261 e. The number of nitrogens with one attached hydrogen (secondary N) is 1. The Labute approximate surface area is 215 Å². The van der Waals surface area contributed by atoms with Crippen LogP contribution in [0.1, 0.15) is 22.9 Å². The Hall–Kier alpha value is -4.16. The highest BCUT2D eigenvalue weighted by Crippen LogP contribution is 2.26. The van der Waals surface area contributed by atoms with Crippen LogP contribution in [0.2, 0.25) is 5.02 Å². The van der Waals surface area contributed by atoms with Crippen molar-refractivity contribution in [3.05, 3.63) is 131 Å². The molecule has 0 bridgehead atoms. The largest absolute Gasteiger partial charge is 0.482 e. The quantitative estimate of drug-likeness (QED) is 0.325. The number of hydrogen-bond donors (Lipinski definition) is 1. The van der Waals surface area contributed by atoms with Gasteiger partial charge in [-0.1, -0.05) is 90.5 Å². The lowest BCUT2D eigenvalue weighted by atomic mass is 10.0. The monoisotopic (exact) mass is 499 g/mol. The molecule has 0 fully saturated rings. The lowest BCUT2D eigenvalue weighted by molar-refractivity contribution is -0.143. The van der Waals surface area contributed by atoms with Crippen molar-refractivity contribution in [1.29, 1.82) is 0 Å². The molecule has 1 heterocycles. The van der Waals surface area contributed by atoms with Gasteiger partial charge in [0, 0.05) is 12.7 Å². The fourth-order valence-electron chi connectivity index (χ4n) is 3.77. The predicted molar refractivity (Wildman–Crippen MR) is 139 cm³/mol. The summed E-state index contributed by atoms with van der Waals surface area (Å²) in [5.41, 5.74) is 2.31. The Bertz CT molecular complexity index is 1270. The third-order valence-electron chi connectivity index (χ3n) is 5.55. The number of benzene rings is 3. The first kappa shape index (κ1) is 24.9. The highest BCUT2D eigenvalue weighted by atomic mass is 35.5. The van der Waals surface area contributed by atoms with Gasteiger partial charge in [0.15, 0.2) is 6.61 Å². The molecule has 6 nitrogen and oxygen atoms in total. The van der Waals surface area contributed by atoms with E-state index in [4.69, 9.17) is 16.3 Å². The van der Waals surface area contributed by atoms with Crippen molar-refractivity contribution in [3.8, 4) is 5.75 Å². The number of rotatable bonds is 10. The predicted octanol–water partition coefficient (Wildman–Crippen LogP) is 5.20. The van der Waals surface area contributed by atoms with Gasteiger partial charge in [0.2, 0.25) is 5.91 Å². The van der Waals surface area contributed by atoms with Gasteiger partial charge >= 0.3 is 0 Å². The maximum Gasteiger partial charge on any atom is 0.261 e. The standard InChI is InChI=1S/C29H26ClN3O3/c30-25-16-7-8-17-26(25)36-21-27(34)33(20-22-11-3-1-4-12-22)28(23-13-5-2-6-14-23)29(35)32-19-24-15-9-10-18-31-24/h1-18,28H,19-21H2,(H,32,35). The topological polar surface area (TPSA) is 71.5 Å². The van der Waals surface area contributed by atoms with Crippen LogP contribution in [0.4, 0.5) is 0 Å². The first-order valence-corrected chi connectivity index (χ1v) is 11.9. The van der Waals surface area contributed by atoms with Gasteiger partial charge < -0.3 is 15.0 Å². The summed E-state index contributed by atoms with van der Waals surface area (Å²) in [4.78, 5) is 33.0. The first-order valence-electron chi connectivity index (χ1n) is 11.5. The zero-order valence-corrected chi connectivity index (χ0v) is 20.3. The zero-order valence-electron chi connectivity index (χ0n) is 19.6. The molecule has 1 N–H and O–H groups in total. The van der Waals surface area contributed by atoms with Gasteiger partial charge in [0.1, 0.15) is 11.8 Å². The number of para-hydroxylation sites is 1. The highest BCUT2D eigenvalue weighted by Gasteiger charge is 2.32. The molecule has 4 aromatic rings. The second-order valence-electron chi connectivity index (χ2n) is 8.08. The molecule has 1 unspecified atom stereocenters. The van der Waals surface area contributed by atoms with E-state index in [-0.39, 0.29) is 31.5 Å². The molecule has 3 aromatic carbocycles. The summed E-state index contributed by atoms with van der Waals surface area (Å²) < 4.78 is 5.75. The molecular weight excluding hydrogens is 474 g/mol. The van der Waals surface area contributed by atoms with Crippen LogP contribution >= 0.6 is 11.6 Å². The SMILES string of the molecule is O=C(NCc1ccccn1)C(c1ccccc1)N(Cc1ccccc1)C(=O)COc1ccccc1Cl. The Morgan fingerprint density at radius 2 is 1.53 bits per heavy atom. The van der Waals surface area contributed by atoms with Gasteiger partial charge in [-0.05, 0) is 35.4 Å². The number of hydrogen-bond acceptors (Lipinski definition) is 4. The highest BCUT2D eigenvalue weighted by molar-refractivity contribution is 6.32. The van der Waals surface area contributed by atoms with Gasteiger partial charge in [0.25, 0.3) is 5.91 Å². The Morgan fingerprint density at radius 1 is 0.861 bits per heavy atom. The lowest BCUT2D eigenvalue weighted by Crippen LogP contribution is -2.45. The van der Waals surface area contributed by atoms with E-state index in [1.807, 2.05) is 78.9 Å². The second-order valence-corrected chi connectivity index (χ2v) is 8.49. The van der Waals surface area contributed by atoms with E-state index in [2.05, 4.69) is 10.3 Å². The number of ether oxygens (including phenoxy) is 1. The summed E-state index contributed by atoms with van der Waals surface area (Å²) in [7, 11) is 0. The van der Waals surface area contributed by atoms with E-state index in [0.29, 0.717) is 16.3 Å². The van der Waals surface area contributed by atoms with E-state index in [1.165, 1.54) is 4.90 Å². The van der Waals surface area contributed by atoms with Crippen molar-refractivity contribution in [2.75, 3.05) is 6.61 Å². The summed E-state index contributed by atoms with van der Waals surface area (Å²) in [6.07, 6.45) is 1.67. The van der Waals surface area contributed by atoms with Gasteiger partial charge in [-0.25, -0.2) is 0 Å². The summed E-state index contributed by atoms with van der Waals surface area (Å²) in [5, 5.41) is 3.35. The summed E-state index contributed by atoms with van der Waals surface area (Å²) in [5.74, 6) is -0.252. The Morgan fingerprint density at radius 3 is 2.22 bits per heavy atom. The molecule has 1 atom stereocenters. The third kappa shape index (κ3) is 6.71. The molecule has 4 rings (SSSR count). The van der Waals surface area contributed by atoms with Crippen LogP contribution in [0.15, 0.2) is 109 Å². The maximum atomic E-state index is 13.6. The maximum absolute atomic E-state index is 13.6. The van der Waals surface area contributed by atoms with Crippen LogP contribution in [0.5, 0.6) is 5.75 Å². The molecule has 0 saturated heterocycles. The number of halogens is 1. The normalized spacial score (nSPS) is 11.4. The average molecular weight is 500 g/mol. The minimum Gasteiger partial charge on any atom is -0.482 e. The van der Waals surface area contributed by atoms with Gasteiger partial charge in [-0.2, -0.15) is 0 Å². The molecule has 0 aliphatic carbocycles. The zero-order chi connectivity index (χ0) is 25.2. The fourth-order valence-corrected chi connectivity index (χ4v) is 3.96. The second kappa shape index (κ2) is 12.5. The van der Waals surface area contributed by atoms with Crippen molar-refractivity contribution in [2.24, 2.45) is 0 Å². The molecule has 7 heteroatoms. The number of carbonyl (C=O) groups excluding carboxylic acids is 2. The molecular formula is C29H26ClN3O3. The Kier molecular flexibility index (Phi) is 8.67.